The number of fused-ring (bicyclic) bond motifs is 1. The quantitative estimate of drug-likeness (QED) is 0.617. The second-order valence-corrected chi connectivity index (χ2v) is 6.14. The summed E-state index contributed by atoms with van der Waals surface area (Å²) in [5.41, 5.74) is 5.58. The highest BCUT2D eigenvalue weighted by molar-refractivity contribution is 5.95. The van der Waals surface area contributed by atoms with Gasteiger partial charge in [-0.3, -0.25) is 9.20 Å². The summed E-state index contributed by atoms with van der Waals surface area (Å²) in [6, 6.07) is 19.7. The molecule has 0 unspecified atom stereocenters. The Morgan fingerprint density at radius 2 is 1.77 bits per heavy atom. The number of nitrogens with one attached hydrogen (secondary N) is 1. The lowest BCUT2D eigenvalue weighted by atomic mass is 10.0. The van der Waals surface area contributed by atoms with Crippen LogP contribution >= 0.6 is 0 Å². The Balaban J connectivity index is 1.79. The van der Waals surface area contributed by atoms with Crippen LogP contribution in [0, 0.1) is 6.92 Å². The number of hydrogen-bond donors (Lipinski definition) is 1. The largest absolute Gasteiger partial charge is 0.355 e. The second kappa shape index (κ2) is 6.44. The molecule has 1 amide bonds. The average molecular weight is 342 g/mol. The number of hydrogen-bond acceptors (Lipinski definition) is 3. The number of benzene rings is 2. The number of aromatic nitrogens is 3. The summed E-state index contributed by atoms with van der Waals surface area (Å²) in [5, 5.41) is 11.3. The molecule has 5 heteroatoms. The summed E-state index contributed by atoms with van der Waals surface area (Å²) in [4.78, 5) is 11.9. The van der Waals surface area contributed by atoms with Crippen molar-refractivity contribution in [3.8, 4) is 22.5 Å². The minimum absolute atomic E-state index is 0.0998. The molecule has 0 saturated heterocycles. The Bertz CT molecular complexity index is 1110. The minimum atomic E-state index is -0.0998. The van der Waals surface area contributed by atoms with Crippen molar-refractivity contribution in [1.29, 1.82) is 0 Å². The average Bonchev–Trinajstić information content (AvgIpc) is 3.11. The normalized spacial score (nSPS) is 10.8. The number of nitrogens with zero attached hydrogens (tertiary/aromatic N) is 3. The smallest absolute Gasteiger partial charge is 0.251 e. The van der Waals surface area contributed by atoms with Crippen molar-refractivity contribution in [1.82, 2.24) is 19.9 Å². The van der Waals surface area contributed by atoms with Crippen molar-refractivity contribution in [3.63, 3.8) is 0 Å². The molecule has 0 radical (unpaired) electrons. The van der Waals surface area contributed by atoms with Crippen molar-refractivity contribution in [2.24, 2.45) is 0 Å². The van der Waals surface area contributed by atoms with Gasteiger partial charge >= 0.3 is 0 Å². The fourth-order valence-corrected chi connectivity index (χ4v) is 3.06. The van der Waals surface area contributed by atoms with Gasteiger partial charge in [-0.1, -0.05) is 36.4 Å². The van der Waals surface area contributed by atoms with E-state index in [4.69, 9.17) is 0 Å². The lowest BCUT2D eigenvalue weighted by Gasteiger charge is -2.07. The highest BCUT2D eigenvalue weighted by atomic mass is 16.1. The first-order valence-electron chi connectivity index (χ1n) is 8.40. The van der Waals surface area contributed by atoms with Gasteiger partial charge in [0.1, 0.15) is 0 Å². The zero-order valence-corrected chi connectivity index (χ0v) is 14.6. The fraction of sp³-hybridized carbons (Fsp3) is 0.0952. The third-order valence-electron chi connectivity index (χ3n) is 4.48. The number of amides is 1. The summed E-state index contributed by atoms with van der Waals surface area (Å²) < 4.78 is 1.98. The number of rotatable bonds is 3. The molecule has 1 N–H and O–H groups in total. The van der Waals surface area contributed by atoms with Crippen LogP contribution in [0.4, 0.5) is 0 Å². The van der Waals surface area contributed by atoms with Crippen LogP contribution in [0.1, 0.15) is 15.9 Å². The van der Waals surface area contributed by atoms with Crippen LogP contribution in [0.15, 0.2) is 66.9 Å². The molecule has 0 bridgehead atoms. The first-order valence-corrected chi connectivity index (χ1v) is 8.40. The molecule has 4 aromatic rings. The maximum absolute atomic E-state index is 11.9. The van der Waals surface area contributed by atoms with Gasteiger partial charge in [-0.25, -0.2) is 0 Å². The van der Waals surface area contributed by atoms with E-state index in [-0.39, 0.29) is 5.91 Å². The van der Waals surface area contributed by atoms with Gasteiger partial charge < -0.3 is 5.32 Å². The third kappa shape index (κ3) is 2.73. The first-order chi connectivity index (χ1) is 12.7. The van der Waals surface area contributed by atoms with E-state index in [9.17, 15) is 4.79 Å². The SMILES string of the molecule is CNC(=O)c1cccc(-c2ccn3c(-c4ccccc4C)nnc3c2)c1. The Kier molecular flexibility index (Phi) is 3.97. The molecule has 0 fully saturated rings. The number of carbonyl (C=O) groups is 1. The van der Waals surface area contributed by atoms with E-state index in [1.165, 1.54) is 0 Å². The Labute approximate surface area is 151 Å². The molecule has 0 saturated carbocycles. The van der Waals surface area contributed by atoms with E-state index in [2.05, 4.69) is 28.5 Å². The molecule has 4 rings (SSSR count). The number of pyridine rings is 1. The molecule has 2 heterocycles. The van der Waals surface area contributed by atoms with Gasteiger partial charge in [-0.2, -0.15) is 0 Å². The lowest BCUT2D eigenvalue weighted by Crippen LogP contribution is -2.17. The molecule has 128 valence electrons. The zero-order valence-electron chi connectivity index (χ0n) is 14.6. The van der Waals surface area contributed by atoms with Crippen LogP contribution in [0.5, 0.6) is 0 Å². The fourth-order valence-electron chi connectivity index (χ4n) is 3.06. The molecule has 26 heavy (non-hydrogen) atoms. The van der Waals surface area contributed by atoms with Crippen LogP contribution in [0.25, 0.3) is 28.2 Å². The van der Waals surface area contributed by atoms with Gasteiger partial charge in [-0.15, -0.1) is 10.2 Å². The van der Waals surface area contributed by atoms with Crippen molar-refractivity contribution in [2.75, 3.05) is 7.05 Å². The van der Waals surface area contributed by atoms with Crippen LogP contribution in [-0.2, 0) is 0 Å². The van der Waals surface area contributed by atoms with Crippen LogP contribution in [-0.4, -0.2) is 27.6 Å². The van der Waals surface area contributed by atoms with Crippen LogP contribution in [0.3, 0.4) is 0 Å². The highest BCUT2D eigenvalue weighted by Gasteiger charge is 2.11. The molecule has 0 aliphatic heterocycles. The molecule has 0 atom stereocenters. The summed E-state index contributed by atoms with van der Waals surface area (Å²) in [5.74, 6) is 0.723. The summed E-state index contributed by atoms with van der Waals surface area (Å²) in [7, 11) is 1.63. The Morgan fingerprint density at radius 1 is 0.962 bits per heavy atom. The monoisotopic (exact) mass is 342 g/mol. The molecule has 2 aromatic carbocycles. The van der Waals surface area contributed by atoms with Crippen molar-refractivity contribution in [2.45, 2.75) is 6.92 Å². The zero-order chi connectivity index (χ0) is 18.1. The topological polar surface area (TPSA) is 59.3 Å². The molecule has 2 aromatic heterocycles. The maximum Gasteiger partial charge on any atom is 0.251 e. The summed E-state index contributed by atoms with van der Waals surface area (Å²) >= 11 is 0. The molecule has 0 aliphatic rings. The molecule has 5 nitrogen and oxygen atoms in total. The van der Waals surface area contributed by atoms with E-state index < -0.39 is 0 Å². The van der Waals surface area contributed by atoms with Crippen molar-refractivity contribution in [3.05, 3.63) is 78.0 Å². The second-order valence-electron chi connectivity index (χ2n) is 6.14. The van der Waals surface area contributed by atoms with Gasteiger partial charge in [0.25, 0.3) is 5.91 Å². The van der Waals surface area contributed by atoms with E-state index in [0.717, 1.165) is 33.7 Å². The molecular formula is C21H18N4O. The standard InChI is InChI=1S/C21H18N4O/c1-14-6-3-4-9-18(14)20-24-23-19-13-16(10-11-25(19)20)15-7-5-8-17(12-15)21(26)22-2/h3-13H,1-2H3,(H,22,26). The van der Waals surface area contributed by atoms with Crippen molar-refractivity contribution >= 4 is 11.6 Å². The van der Waals surface area contributed by atoms with E-state index in [1.54, 1.807) is 13.1 Å². The predicted octanol–water partition coefficient (Wildman–Crippen LogP) is 3.73. The summed E-state index contributed by atoms with van der Waals surface area (Å²) in [6.45, 7) is 2.06. The summed E-state index contributed by atoms with van der Waals surface area (Å²) in [6.07, 6.45) is 1.97. The third-order valence-corrected chi connectivity index (χ3v) is 4.48. The maximum atomic E-state index is 11.9. The number of aryl methyl sites for hydroxylation is 1. The Hall–Kier alpha value is -3.47. The van der Waals surface area contributed by atoms with Gasteiger partial charge in [0, 0.05) is 24.4 Å². The van der Waals surface area contributed by atoms with E-state index in [1.807, 2.05) is 59.1 Å². The van der Waals surface area contributed by atoms with Crippen LogP contribution in [0.2, 0.25) is 0 Å². The van der Waals surface area contributed by atoms with Gasteiger partial charge in [0.05, 0.1) is 0 Å². The molecular weight excluding hydrogens is 324 g/mol. The van der Waals surface area contributed by atoms with Gasteiger partial charge in [0.2, 0.25) is 0 Å². The first kappa shape index (κ1) is 16.0. The number of carbonyl (C=O) groups excluding carboxylic acids is 1. The van der Waals surface area contributed by atoms with Crippen molar-refractivity contribution < 1.29 is 4.79 Å². The highest BCUT2D eigenvalue weighted by Crippen LogP contribution is 2.26. The van der Waals surface area contributed by atoms with Gasteiger partial charge in [-0.05, 0) is 47.9 Å². The van der Waals surface area contributed by atoms with E-state index in [0.29, 0.717) is 5.56 Å². The minimum Gasteiger partial charge on any atom is -0.355 e. The van der Waals surface area contributed by atoms with Crippen LogP contribution < -0.4 is 5.32 Å². The van der Waals surface area contributed by atoms with E-state index >= 15 is 0 Å². The predicted molar refractivity (Wildman–Crippen MR) is 102 cm³/mol. The molecule has 0 spiro atoms. The lowest BCUT2D eigenvalue weighted by molar-refractivity contribution is 0.0963. The van der Waals surface area contributed by atoms with Gasteiger partial charge in [0.15, 0.2) is 11.5 Å². The molecule has 0 aliphatic carbocycles. The Morgan fingerprint density at radius 3 is 2.58 bits per heavy atom.